The van der Waals surface area contributed by atoms with E-state index in [2.05, 4.69) is 0 Å². The number of benzene rings is 3. The Bertz CT molecular complexity index is 1270. The number of phenolic OH excluding ortho intramolecular Hbond substituents is 2. The molecule has 7 nitrogen and oxygen atoms in total. The van der Waals surface area contributed by atoms with Crippen molar-refractivity contribution < 1.29 is 37.3 Å². The van der Waals surface area contributed by atoms with Gasteiger partial charge in [-0.05, 0) is 60.5 Å². The number of hydrogen-bond acceptors (Lipinski definition) is 7. The van der Waals surface area contributed by atoms with Crippen LogP contribution in [0.25, 0.3) is 11.1 Å². The number of carbonyl (C=O) groups excluding carboxylic acids is 1. The smallest absolute Gasteiger partial charge is 0.342 e. The molecule has 3 rings (SSSR count). The standard InChI is InChI=1S/C24H23FO7S/c1-15(13-31-2)32-24(28)20-8-6-16(10-23(20)27)14-33(29,30)19-5-3-4-17(11-19)21-12-18(25)7-9-22(21)26/h3-12,15,26-27H,13-14H2,1-2H3. The highest BCUT2D eigenvalue weighted by atomic mass is 32.2. The second kappa shape index (κ2) is 10.0. The summed E-state index contributed by atoms with van der Waals surface area (Å²) < 4.78 is 49.6. The number of methoxy groups -OCH3 is 1. The maximum absolute atomic E-state index is 13.6. The Labute approximate surface area is 191 Å². The minimum Gasteiger partial charge on any atom is -0.507 e. The highest BCUT2D eigenvalue weighted by Gasteiger charge is 2.20. The maximum Gasteiger partial charge on any atom is 0.342 e. The lowest BCUT2D eigenvalue weighted by Gasteiger charge is -2.13. The van der Waals surface area contributed by atoms with Crippen LogP contribution in [0.2, 0.25) is 0 Å². The van der Waals surface area contributed by atoms with Gasteiger partial charge in [0.25, 0.3) is 0 Å². The van der Waals surface area contributed by atoms with Crippen molar-refractivity contribution in [2.45, 2.75) is 23.7 Å². The lowest BCUT2D eigenvalue weighted by Crippen LogP contribution is -2.19. The third kappa shape index (κ3) is 5.88. The van der Waals surface area contributed by atoms with Crippen LogP contribution in [-0.4, -0.2) is 44.4 Å². The molecule has 0 saturated carbocycles. The van der Waals surface area contributed by atoms with Crippen molar-refractivity contribution in [1.29, 1.82) is 0 Å². The molecule has 3 aromatic rings. The van der Waals surface area contributed by atoms with E-state index in [0.29, 0.717) is 5.56 Å². The first-order chi connectivity index (χ1) is 15.6. The highest BCUT2D eigenvalue weighted by Crippen LogP contribution is 2.32. The molecule has 2 N–H and O–H groups in total. The van der Waals surface area contributed by atoms with Crippen LogP contribution >= 0.6 is 0 Å². The van der Waals surface area contributed by atoms with Crippen molar-refractivity contribution in [2.75, 3.05) is 13.7 Å². The van der Waals surface area contributed by atoms with Gasteiger partial charge in [-0.3, -0.25) is 0 Å². The Morgan fingerprint density at radius 1 is 1.03 bits per heavy atom. The molecule has 0 aliphatic heterocycles. The molecule has 0 spiro atoms. The van der Waals surface area contributed by atoms with E-state index in [4.69, 9.17) is 9.47 Å². The van der Waals surface area contributed by atoms with E-state index < -0.39 is 39.2 Å². The van der Waals surface area contributed by atoms with Gasteiger partial charge in [-0.25, -0.2) is 17.6 Å². The summed E-state index contributed by atoms with van der Waals surface area (Å²) in [5, 5.41) is 20.2. The lowest BCUT2D eigenvalue weighted by atomic mass is 10.0. The topological polar surface area (TPSA) is 110 Å². The molecular formula is C24H23FO7S. The fourth-order valence-corrected chi connectivity index (χ4v) is 4.63. The zero-order valence-corrected chi connectivity index (χ0v) is 18.8. The van der Waals surface area contributed by atoms with Crippen molar-refractivity contribution >= 4 is 15.8 Å². The summed E-state index contributed by atoms with van der Waals surface area (Å²) in [5.41, 5.74) is 0.658. The van der Waals surface area contributed by atoms with Crippen LogP contribution < -0.4 is 0 Å². The van der Waals surface area contributed by atoms with E-state index in [1.54, 1.807) is 13.0 Å². The molecule has 0 saturated heterocycles. The van der Waals surface area contributed by atoms with Crippen LogP contribution in [-0.2, 0) is 25.1 Å². The summed E-state index contributed by atoms with van der Waals surface area (Å²) in [7, 11) is -2.40. The normalized spacial score (nSPS) is 12.3. The van der Waals surface area contributed by atoms with Crippen LogP contribution in [0.1, 0.15) is 22.8 Å². The average Bonchev–Trinajstić information content (AvgIpc) is 2.75. The Balaban J connectivity index is 1.83. The number of hydrogen-bond donors (Lipinski definition) is 2. The van der Waals surface area contributed by atoms with E-state index in [1.165, 1.54) is 49.6 Å². The lowest BCUT2D eigenvalue weighted by molar-refractivity contribution is 0.0117. The molecular weight excluding hydrogens is 451 g/mol. The van der Waals surface area contributed by atoms with E-state index in [-0.39, 0.29) is 33.9 Å². The van der Waals surface area contributed by atoms with Gasteiger partial charge in [0.1, 0.15) is 29.0 Å². The van der Waals surface area contributed by atoms with Gasteiger partial charge < -0.3 is 19.7 Å². The molecule has 0 radical (unpaired) electrons. The zero-order valence-electron chi connectivity index (χ0n) is 18.0. The molecule has 0 amide bonds. The summed E-state index contributed by atoms with van der Waals surface area (Å²) in [4.78, 5) is 12.1. The molecule has 0 aromatic heterocycles. The Morgan fingerprint density at radius 2 is 1.79 bits per heavy atom. The van der Waals surface area contributed by atoms with Gasteiger partial charge in [0.05, 0.1) is 17.3 Å². The molecule has 33 heavy (non-hydrogen) atoms. The first-order valence-electron chi connectivity index (χ1n) is 9.94. The van der Waals surface area contributed by atoms with Crippen molar-refractivity contribution in [3.8, 4) is 22.6 Å². The van der Waals surface area contributed by atoms with E-state index in [0.717, 1.165) is 12.1 Å². The van der Waals surface area contributed by atoms with Gasteiger partial charge in [-0.1, -0.05) is 18.2 Å². The summed E-state index contributed by atoms with van der Waals surface area (Å²) >= 11 is 0. The minimum atomic E-state index is -3.86. The molecule has 3 aromatic carbocycles. The number of ether oxygens (including phenoxy) is 2. The number of carbonyl (C=O) groups is 1. The third-order valence-electron chi connectivity index (χ3n) is 4.81. The van der Waals surface area contributed by atoms with E-state index >= 15 is 0 Å². The fourth-order valence-electron chi connectivity index (χ4n) is 3.25. The predicted octanol–water partition coefficient (Wildman–Crippen LogP) is 4.07. The second-order valence-corrected chi connectivity index (χ2v) is 9.46. The Morgan fingerprint density at radius 3 is 2.48 bits per heavy atom. The number of sulfone groups is 1. The SMILES string of the molecule is COCC(C)OC(=O)c1ccc(CS(=O)(=O)c2cccc(-c3cc(F)ccc3O)c2)cc1O. The van der Waals surface area contributed by atoms with E-state index in [1.807, 2.05) is 0 Å². The van der Waals surface area contributed by atoms with Gasteiger partial charge in [-0.15, -0.1) is 0 Å². The van der Waals surface area contributed by atoms with Crippen LogP contribution in [0.4, 0.5) is 4.39 Å². The van der Waals surface area contributed by atoms with Crippen LogP contribution in [0.3, 0.4) is 0 Å². The Hall–Kier alpha value is -3.43. The monoisotopic (exact) mass is 474 g/mol. The van der Waals surface area contributed by atoms with Gasteiger partial charge in [0, 0.05) is 12.7 Å². The molecule has 0 bridgehead atoms. The number of phenols is 2. The summed E-state index contributed by atoms with van der Waals surface area (Å²) in [5.74, 6) is -2.36. The molecule has 1 unspecified atom stereocenters. The van der Waals surface area contributed by atoms with Crippen molar-refractivity contribution in [3.05, 3.63) is 77.6 Å². The second-order valence-electron chi connectivity index (χ2n) is 7.47. The number of esters is 1. The largest absolute Gasteiger partial charge is 0.507 e. The van der Waals surface area contributed by atoms with Crippen LogP contribution in [0, 0.1) is 5.82 Å². The third-order valence-corrected chi connectivity index (χ3v) is 6.50. The summed E-state index contributed by atoms with van der Waals surface area (Å²) in [6.45, 7) is 1.83. The summed E-state index contributed by atoms with van der Waals surface area (Å²) in [6, 6.07) is 13.1. The van der Waals surface area contributed by atoms with E-state index in [9.17, 15) is 27.8 Å². The number of rotatable bonds is 8. The molecule has 1 atom stereocenters. The van der Waals surface area contributed by atoms with Crippen LogP contribution in [0.5, 0.6) is 11.5 Å². The van der Waals surface area contributed by atoms with Gasteiger partial charge >= 0.3 is 5.97 Å². The first-order valence-corrected chi connectivity index (χ1v) is 11.6. The average molecular weight is 475 g/mol. The van der Waals surface area contributed by atoms with Gasteiger partial charge in [-0.2, -0.15) is 0 Å². The minimum absolute atomic E-state index is 0.0416. The van der Waals surface area contributed by atoms with Gasteiger partial charge in [0.2, 0.25) is 0 Å². The quantitative estimate of drug-likeness (QED) is 0.474. The maximum atomic E-state index is 13.6. The number of aromatic hydroxyl groups is 2. The first kappa shape index (κ1) is 24.2. The van der Waals surface area contributed by atoms with Crippen LogP contribution in [0.15, 0.2) is 65.6 Å². The zero-order chi connectivity index (χ0) is 24.2. The molecule has 0 aliphatic rings. The molecule has 174 valence electrons. The molecule has 0 fully saturated rings. The molecule has 0 aliphatic carbocycles. The summed E-state index contributed by atoms with van der Waals surface area (Å²) in [6.07, 6.45) is -0.522. The Kier molecular flexibility index (Phi) is 7.35. The molecule has 0 heterocycles. The highest BCUT2D eigenvalue weighted by molar-refractivity contribution is 7.90. The van der Waals surface area contributed by atoms with Gasteiger partial charge in [0.15, 0.2) is 9.84 Å². The van der Waals surface area contributed by atoms with Crippen molar-refractivity contribution in [3.63, 3.8) is 0 Å². The number of halogens is 1. The molecule has 9 heteroatoms. The fraction of sp³-hybridized carbons (Fsp3) is 0.208. The van der Waals surface area contributed by atoms with Crippen molar-refractivity contribution in [1.82, 2.24) is 0 Å². The van der Waals surface area contributed by atoms with Crippen molar-refractivity contribution in [2.24, 2.45) is 0 Å². The predicted molar refractivity (Wildman–Crippen MR) is 119 cm³/mol.